The van der Waals surface area contributed by atoms with E-state index in [1.165, 1.54) is 36.0 Å². The summed E-state index contributed by atoms with van der Waals surface area (Å²) in [6, 6.07) is 12.9. The van der Waals surface area contributed by atoms with Gasteiger partial charge in [0.1, 0.15) is 0 Å². The summed E-state index contributed by atoms with van der Waals surface area (Å²) in [5.74, 6) is -0.819. The Morgan fingerprint density at radius 2 is 1.78 bits per heavy atom. The third-order valence-corrected chi connectivity index (χ3v) is 5.76. The van der Waals surface area contributed by atoms with E-state index in [4.69, 9.17) is 5.11 Å². The van der Waals surface area contributed by atoms with Crippen molar-refractivity contribution in [3.63, 3.8) is 0 Å². The molecule has 0 bridgehead atoms. The molecule has 3 aromatic rings. The minimum atomic E-state index is -1.03. The zero-order valence-corrected chi connectivity index (χ0v) is 18.6. The maximum atomic E-state index is 12.6. The van der Waals surface area contributed by atoms with E-state index in [1.807, 2.05) is 32.0 Å². The molecule has 0 saturated carbocycles. The second-order valence-electron chi connectivity index (χ2n) is 7.13. The molecular weight excluding hydrogens is 430 g/mol. The Labute approximate surface area is 189 Å². The number of aromatic carboxylic acids is 1. The van der Waals surface area contributed by atoms with Crippen molar-refractivity contribution in [3.8, 4) is 0 Å². The number of carboxylic acid groups (broad SMARTS) is 1. The maximum Gasteiger partial charge on any atom is 0.335 e. The predicted octanol–water partition coefficient (Wildman–Crippen LogP) is 3.04. The number of thioether (sulfide) groups is 1. The first kappa shape index (κ1) is 23.0. The molecule has 2 aromatic carbocycles. The minimum absolute atomic E-state index is 0.0939. The van der Waals surface area contributed by atoms with Crippen LogP contribution in [0.15, 0.2) is 53.7 Å². The fraction of sp³-hybridized carbons (Fsp3) is 0.227. The Hall–Kier alpha value is -3.66. The molecule has 9 nitrogen and oxygen atoms in total. The van der Waals surface area contributed by atoms with Crippen LogP contribution in [0.5, 0.6) is 0 Å². The summed E-state index contributed by atoms with van der Waals surface area (Å²) in [6.45, 7) is 3.70. The Morgan fingerprint density at radius 1 is 1.09 bits per heavy atom. The van der Waals surface area contributed by atoms with Gasteiger partial charge in [-0.15, -0.1) is 10.2 Å². The molecular formula is C22H23N5O4S. The summed E-state index contributed by atoms with van der Waals surface area (Å²) in [5, 5.41) is 23.4. The molecule has 1 heterocycles. The van der Waals surface area contributed by atoms with Gasteiger partial charge in [0.2, 0.25) is 5.91 Å². The second kappa shape index (κ2) is 10.1. The molecule has 2 amide bonds. The summed E-state index contributed by atoms with van der Waals surface area (Å²) in [5.41, 5.74) is 2.14. The monoisotopic (exact) mass is 453 g/mol. The number of hydrogen-bond acceptors (Lipinski definition) is 6. The number of carbonyl (C=O) groups excluding carboxylic acids is 2. The van der Waals surface area contributed by atoms with E-state index in [2.05, 4.69) is 20.8 Å². The van der Waals surface area contributed by atoms with Gasteiger partial charge in [-0.25, -0.2) is 4.79 Å². The number of nitrogens with zero attached hydrogens (tertiary/aromatic N) is 3. The standard InChI is InChI=1S/C22H23N5O4S/c1-13-6-4-5-7-17(13)20(29)23-14(2)19-25-26-22(27(19)3)32-12-18(28)24-16-10-8-15(9-11-16)21(30)31/h4-11,14H,12H2,1-3H3,(H,23,29)(H,24,28)(H,30,31)/t14-/m1/s1. The van der Waals surface area contributed by atoms with Crippen LogP contribution in [0.4, 0.5) is 5.69 Å². The number of hydrogen-bond donors (Lipinski definition) is 3. The number of aryl methyl sites for hydroxylation is 1. The van der Waals surface area contributed by atoms with Gasteiger partial charge < -0.3 is 20.3 Å². The van der Waals surface area contributed by atoms with Crippen LogP contribution in [-0.4, -0.2) is 43.4 Å². The fourth-order valence-electron chi connectivity index (χ4n) is 3.02. The van der Waals surface area contributed by atoms with Crippen LogP contribution in [0.25, 0.3) is 0 Å². The molecule has 3 rings (SSSR count). The summed E-state index contributed by atoms with van der Waals surface area (Å²) in [4.78, 5) is 35.7. The molecule has 0 radical (unpaired) electrons. The molecule has 1 atom stereocenters. The minimum Gasteiger partial charge on any atom is -0.478 e. The van der Waals surface area contributed by atoms with Gasteiger partial charge in [-0.2, -0.15) is 0 Å². The normalized spacial score (nSPS) is 11.6. The van der Waals surface area contributed by atoms with Crippen molar-refractivity contribution in [2.75, 3.05) is 11.1 Å². The van der Waals surface area contributed by atoms with Gasteiger partial charge in [-0.05, 0) is 49.7 Å². The topological polar surface area (TPSA) is 126 Å². The third-order valence-electron chi connectivity index (χ3n) is 4.74. The number of amides is 2. The molecule has 0 fully saturated rings. The first-order valence-electron chi connectivity index (χ1n) is 9.78. The summed E-state index contributed by atoms with van der Waals surface area (Å²) in [6.07, 6.45) is 0. The van der Waals surface area contributed by atoms with Gasteiger partial charge in [0.15, 0.2) is 11.0 Å². The first-order valence-corrected chi connectivity index (χ1v) is 10.8. The lowest BCUT2D eigenvalue weighted by atomic mass is 10.1. The first-order chi connectivity index (χ1) is 15.3. The van der Waals surface area contributed by atoms with Crippen molar-refractivity contribution in [1.29, 1.82) is 0 Å². The van der Waals surface area contributed by atoms with Crippen molar-refractivity contribution in [3.05, 3.63) is 71.0 Å². The molecule has 10 heteroatoms. The highest BCUT2D eigenvalue weighted by Gasteiger charge is 2.19. The molecule has 1 aromatic heterocycles. The predicted molar refractivity (Wildman–Crippen MR) is 121 cm³/mol. The van der Waals surface area contributed by atoms with Crippen molar-refractivity contribution in [2.24, 2.45) is 7.05 Å². The Balaban J connectivity index is 1.57. The van der Waals surface area contributed by atoms with Gasteiger partial charge >= 0.3 is 5.97 Å². The smallest absolute Gasteiger partial charge is 0.335 e. The second-order valence-corrected chi connectivity index (χ2v) is 8.07. The van der Waals surface area contributed by atoms with E-state index in [-0.39, 0.29) is 29.2 Å². The van der Waals surface area contributed by atoms with Crippen LogP contribution in [0.3, 0.4) is 0 Å². The van der Waals surface area contributed by atoms with E-state index in [9.17, 15) is 14.4 Å². The lowest BCUT2D eigenvalue weighted by Crippen LogP contribution is -2.29. The van der Waals surface area contributed by atoms with Crippen molar-refractivity contribution in [1.82, 2.24) is 20.1 Å². The molecule has 0 unspecified atom stereocenters. The molecule has 0 aliphatic rings. The molecule has 0 saturated heterocycles. The lowest BCUT2D eigenvalue weighted by Gasteiger charge is -2.14. The number of anilines is 1. The van der Waals surface area contributed by atoms with Crippen LogP contribution in [-0.2, 0) is 11.8 Å². The van der Waals surface area contributed by atoms with Crippen LogP contribution in [0, 0.1) is 6.92 Å². The number of aromatic nitrogens is 3. The number of carboxylic acids is 1. The average molecular weight is 454 g/mol. The van der Waals surface area contributed by atoms with E-state index in [0.29, 0.717) is 22.2 Å². The molecule has 0 aliphatic heterocycles. The number of carbonyl (C=O) groups is 3. The number of benzene rings is 2. The number of nitrogens with one attached hydrogen (secondary N) is 2. The van der Waals surface area contributed by atoms with Crippen molar-refractivity contribution >= 4 is 35.2 Å². The zero-order chi connectivity index (χ0) is 23.3. The van der Waals surface area contributed by atoms with Gasteiger partial charge in [0, 0.05) is 18.3 Å². The largest absolute Gasteiger partial charge is 0.478 e. The highest BCUT2D eigenvalue weighted by molar-refractivity contribution is 7.99. The Bertz CT molecular complexity index is 1140. The Morgan fingerprint density at radius 3 is 2.44 bits per heavy atom. The van der Waals surface area contributed by atoms with Crippen molar-refractivity contribution in [2.45, 2.75) is 25.0 Å². The molecule has 3 N–H and O–H groups in total. The molecule has 0 spiro atoms. The van der Waals surface area contributed by atoms with Gasteiger partial charge in [-0.3, -0.25) is 9.59 Å². The highest BCUT2D eigenvalue weighted by atomic mass is 32.2. The van der Waals surface area contributed by atoms with Crippen LogP contribution in [0.2, 0.25) is 0 Å². The summed E-state index contributed by atoms with van der Waals surface area (Å²) in [7, 11) is 1.77. The quantitative estimate of drug-likeness (QED) is 0.448. The zero-order valence-electron chi connectivity index (χ0n) is 17.8. The lowest BCUT2D eigenvalue weighted by molar-refractivity contribution is -0.113. The van der Waals surface area contributed by atoms with E-state index in [0.717, 1.165) is 5.56 Å². The van der Waals surface area contributed by atoms with Gasteiger partial charge in [0.25, 0.3) is 5.91 Å². The van der Waals surface area contributed by atoms with E-state index < -0.39 is 5.97 Å². The summed E-state index contributed by atoms with van der Waals surface area (Å²) >= 11 is 1.21. The summed E-state index contributed by atoms with van der Waals surface area (Å²) < 4.78 is 1.74. The SMILES string of the molecule is Cc1ccccc1C(=O)N[C@H](C)c1nnc(SCC(=O)Nc2ccc(C(=O)O)cc2)n1C. The van der Waals surface area contributed by atoms with Crippen LogP contribution < -0.4 is 10.6 Å². The third kappa shape index (κ3) is 5.52. The number of rotatable bonds is 8. The van der Waals surface area contributed by atoms with Gasteiger partial charge in [-0.1, -0.05) is 30.0 Å². The molecule has 0 aliphatic carbocycles. The van der Waals surface area contributed by atoms with Crippen LogP contribution in [0.1, 0.15) is 45.1 Å². The van der Waals surface area contributed by atoms with Gasteiger partial charge in [0.05, 0.1) is 17.4 Å². The molecule has 166 valence electrons. The average Bonchev–Trinajstić information content (AvgIpc) is 3.13. The van der Waals surface area contributed by atoms with E-state index in [1.54, 1.807) is 17.7 Å². The fourth-order valence-corrected chi connectivity index (χ4v) is 3.74. The molecule has 32 heavy (non-hydrogen) atoms. The van der Waals surface area contributed by atoms with E-state index >= 15 is 0 Å². The Kier molecular flexibility index (Phi) is 7.26. The highest BCUT2D eigenvalue weighted by Crippen LogP contribution is 2.20. The van der Waals surface area contributed by atoms with Crippen LogP contribution >= 0.6 is 11.8 Å². The van der Waals surface area contributed by atoms with Crippen molar-refractivity contribution < 1.29 is 19.5 Å². The maximum absolute atomic E-state index is 12.6.